The van der Waals surface area contributed by atoms with Gasteiger partial charge in [0.25, 0.3) is 0 Å². The third-order valence-electron chi connectivity index (χ3n) is 3.95. The van der Waals surface area contributed by atoms with Gasteiger partial charge in [0, 0.05) is 29.8 Å². The zero-order valence-electron chi connectivity index (χ0n) is 10.6. The standard InChI is InChI=1S/C15H18N2S/c1-17(13-7-8-18-10-13)12-5-6-14-11(9-12)3-2-4-15(14)16/h2-4,7-8,10,12H,5-6,9,16H2,1H3. The van der Waals surface area contributed by atoms with Gasteiger partial charge in [-0.25, -0.2) is 0 Å². The molecule has 0 amide bonds. The molecule has 1 unspecified atom stereocenters. The molecule has 1 aromatic carbocycles. The van der Waals surface area contributed by atoms with Crippen LogP contribution in [0.3, 0.4) is 0 Å². The van der Waals surface area contributed by atoms with Crippen molar-refractivity contribution in [2.24, 2.45) is 0 Å². The summed E-state index contributed by atoms with van der Waals surface area (Å²) in [6.45, 7) is 0. The highest BCUT2D eigenvalue weighted by Gasteiger charge is 2.23. The van der Waals surface area contributed by atoms with Crippen LogP contribution >= 0.6 is 11.3 Å². The second-order valence-electron chi connectivity index (χ2n) is 4.97. The van der Waals surface area contributed by atoms with Crippen LogP contribution in [0.4, 0.5) is 11.4 Å². The molecule has 3 heteroatoms. The minimum atomic E-state index is 0.592. The van der Waals surface area contributed by atoms with Gasteiger partial charge in [-0.15, -0.1) is 0 Å². The van der Waals surface area contributed by atoms with E-state index in [0.29, 0.717) is 6.04 Å². The summed E-state index contributed by atoms with van der Waals surface area (Å²) in [7, 11) is 2.20. The Bertz CT molecular complexity index is 533. The number of nitrogen functional groups attached to an aromatic ring is 1. The molecule has 0 bridgehead atoms. The number of nitrogens with zero attached hydrogens (tertiary/aromatic N) is 1. The first-order chi connectivity index (χ1) is 8.75. The monoisotopic (exact) mass is 258 g/mol. The van der Waals surface area contributed by atoms with Crippen LogP contribution in [0.5, 0.6) is 0 Å². The van der Waals surface area contributed by atoms with Gasteiger partial charge in [-0.2, -0.15) is 11.3 Å². The summed E-state index contributed by atoms with van der Waals surface area (Å²) in [5.74, 6) is 0. The second kappa shape index (κ2) is 4.65. The highest BCUT2D eigenvalue weighted by molar-refractivity contribution is 7.08. The molecule has 1 aliphatic carbocycles. The summed E-state index contributed by atoms with van der Waals surface area (Å²) < 4.78 is 0. The van der Waals surface area contributed by atoms with Gasteiger partial charge in [0.2, 0.25) is 0 Å². The normalized spacial score (nSPS) is 18.4. The summed E-state index contributed by atoms with van der Waals surface area (Å²) >= 11 is 1.76. The maximum absolute atomic E-state index is 6.05. The van der Waals surface area contributed by atoms with Crippen LogP contribution in [-0.2, 0) is 12.8 Å². The number of benzene rings is 1. The third-order valence-corrected chi connectivity index (χ3v) is 4.62. The topological polar surface area (TPSA) is 29.3 Å². The van der Waals surface area contributed by atoms with Crippen molar-refractivity contribution in [3.8, 4) is 0 Å². The van der Waals surface area contributed by atoms with Crippen molar-refractivity contribution in [3.63, 3.8) is 0 Å². The van der Waals surface area contributed by atoms with E-state index in [0.717, 1.165) is 18.5 Å². The molecule has 0 aliphatic heterocycles. The summed E-state index contributed by atoms with van der Waals surface area (Å²) in [6.07, 6.45) is 3.39. The highest BCUT2D eigenvalue weighted by Crippen LogP contribution is 2.30. The first-order valence-electron chi connectivity index (χ1n) is 6.37. The van der Waals surface area contributed by atoms with Crippen molar-refractivity contribution in [2.45, 2.75) is 25.3 Å². The van der Waals surface area contributed by atoms with Gasteiger partial charge in [-0.1, -0.05) is 12.1 Å². The van der Waals surface area contributed by atoms with E-state index in [1.54, 1.807) is 11.3 Å². The Morgan fingerprint density at radius 2 is 2.22 bits per heavy atom. The maximum Gasteiger partial charge on any atom is 0.0474 e. The summed E-state index contributed by atoms with van der Waals surface area (Å²) in [4.78, 5) is 2.41. The fourth-order valence-electron chi connectivity index (χ4n) is 2.82. The van der Waals surface area contributed by atoms with E-state index in [9.17, 15) is 0 Å². The van der Waals surface area contributed by atoms with Gasteiger partial charge in [0.05, 0.1) is 0 Å². The van der Waals surface area contributed by atoms with Crippen molar-refractivity contribution >= 4 is 22.7 Å². The quantitative estimate of drug-likeness (QED) is 0.837. The number of hydrogen-bond acceptors (Lipinski definition) is 3. The number of anilines is 2. The number of nitrogens with two attached hydrogens (primary N) is 1. The van der Waals surface area contributed by atoms with Crippen LogP contribution in [0, 0.1) is 0 Å². The Morgan fingerprint density at radius 3 is 3.00 bits per heavy atom. The van der Waals surface area contributed by atoms with Gasteiger partial charge < -0.3 is 10.6 Å². The third kappa shape index (κ3) is 1.99. The lowest BCUT2D eigenvalue weighted by atomic mass is 9.86. The lowest BCUT2D eigenvalue weighted by molar-refractivity contribution is 0.549. The Kier molecular flexibility index (Phi) is 3.00. The molecule has 1 aliphatic rings. The average molecular weight is 258 g/mol. The molecule has 1 aromatic heterocycles. The largest absolute Gasteiger partial charge is 0.398 e. The smallest absolute Gasteiger partial charge is 0.0474 e. The minimum absolute atomic E-state index is 0.592. The lowest BCUT2D eigenvalue weighted by Crippen LogP contribution is -2.36. The fraction of sp³-hybridized carbons (Fsp3) is 0.333. The molecule has 3 rings (SSSR count). The molecule has 0 saturated heterocycles. The molecule has 0 spiro atoms. The van der Waals surface area contributed by atoms with E-state index in [1.807, 2.05) is 6.07 Å². The molecule has 1 atom stereocenters. The van der Waals surface area contributed by atoms with Crippen molar-refractivity contribution in [1.29, 1.82) is 0 Å². The molecule has 2 aromatic rings. The molecule has 94 valence electrons. The van der Waals surface area contributed by atoms with Gasteiger partial charge in [-0.05, 0) is 47.9 Å². The molecule has 18 heavy (non-hydrogen) atoms. The number of hydrogen-bond donors (Lipinski definition) is 1. The molecule has 1 heterocycles. The van der Waals surface area contributed by atoms with Gasteiger partial charge >= 0.3 is 0 Å². The van der Waals surface area contributed by atoms with E-state index in [1.165, 1.54) is 23.2 Å². The van der Waals surface area contributed by atoms with Crippen LogP contribution < -0.4 is 10.6 Å². The summed E-state index contributed by atoms with van der Waals surface area (Å²) in [5, 5.41) is 4.36. The van der Waals surface area contributed by atoms with Gasteiger partial charge in [0.15, 0.2) is 0 Å². The minimum Gasteiger partial charge on any atom is -0.398 e. The molecular weight excluding hydrogens is 240 g/mol. The number of fused-ring (bicyclic) bond motifs is 1. The van der Waals surface area contributed by atoms with E-state index < -0.39 is 0 Å². The zero-order chi connectivity index (χ0) is 12.5. The molecular formula is C15H18N2S. The van der Waals surface area contributed by atoms with Crippen LogP contribution in [0.25, 0.3) is 0 Å². The summed E-state index contributed by atoms with van der Waals surface area (Å²) in [5.41, 5.74) is 11.1. The molecule has 2 N–H and O–H groups in total. The molecule has 2 nitrogen and oxygen atoms in total. The zero-order valence-corrected chi connectivity index (χ0v) is 11.4. The molecule has 0 radical (unpaired) electrons. The Morgan fingerprint density at radius 1 is 1.33 bits per heavy atom. The predicted octanol–water partition coefficient (Wildman–Crippen LogP) is 3.32. The number of thiophene rings is 1. The van der Waals surface area contributed by atoms with E-state index in [-0.39, 0.29) is 0 Å². The van der Waals surface area contributed by atoms with E-state index in [2.05, 4.69) is 40.9 Å². The van der Waals surface area contributed by atoms with Gasteiger partial charge in [0.1, 0.15) is 0 Å². The SMILES string of the molecule is CN(c1ccsc1)C1CCc2c(N)cccc2C1. The predicted molar refractivity (Wildman–Crippen MR) is 79.4 cm³/mol. The van der Waals surface area contributed by atoms with Gasteiger partial charge in [-0.3, -0.25) is 0 Å². The number of rotatable bonds is 2. The molecule has 0 saturated carbocycles. The van der Waals surface area contributed by atoms with Crippen LogP contribution in [-0.4, -0.2) is 13.1 Å². The number of likely N-dealkylation sites (N-methyl/N-ethyl adjacent to an activating group) is 1. The van der Waals surface area contributed by atoms with Crippen LogP contribution in [0.1, 0.15) is 17.5 Å². The molecule has 0 fully saturated rings. The van der Waals surface area contributed by atoms with E-state index >= 15 is 0 Å². The summed E-state index contributed by atoms with van der Waals surface area (Å²) in [6, 6.07) is 9.09. The van der Waals surface area contributed by atoms with Crippen LogP contribution in [0.2, 0.25) is 0 Å². The Hall–Kier alpha value is -1.48. The van der Waals surface area contributed by atoms with Crippen molar-refractivity contribution < 1.29 is 0 Å². The second-order valence-corrected chi connectivity index (χ2v) is 5.75. The Balaban J connectivity index is 1.83. The van der Waals surface area contributed by atoms with E-state index in [4.69, 9.17) is 5.73 Å². The average Bonchev–Trinajstić information content (AvgIpc) is 2.91. The Labute approximate surface area is 112 Å². The lowest BCUT2D eigenvalue weighted by Gasteiger charge is -2.33. The van der Waals surface area contributed by atoms with Crippen molar-refractivity contribution in [3.05, 3.63) is 46.2 Å². The first kappa shape index (κ1) is 11.6. The highest BCUT2D eigenvalue weighted by atomic mass is 32.1. The van der Waals surface area contributed by atoms with Crippen molar-refractivity contribution in [2.75, 3.05) is 17.7 Å². The van der Waals surface area contributed by atoms with Crippen LogP contribution in [0.15, 0.2) is 35.0 Å². The maximum atomic E-state index is 6.05. The van der Waals surface area contributed by atoms with Crippen molar-refractivity contribution in [1.82, 2.24) is 0 Å². The first-order valence-corrected chi connectivity index (χ1v) is 7.31. The fourth-order valence-corrected chi connectivity index (χ4v) is 3.50.